The van der Waals surface area contributed by atoms with Crippen molar-refractivity contribution in [3.63, 3.8) is 0 Å². The lowest BCUT2D eigenvalue weighted by Gasteiger charge is -2.15. The Balaban J connectivity index is 1.66. The maximum absolute atomic E-state index is 14.6. The lowest BCUT2D eigenvalue weighted by atomic mass is 10.0. The molecule has 0 unspecified atom stereocenters. The van der Waals surface area contributed by atoms with Crippen molar-refractivity contribution in [2.24, 2.45) is 0 Å². The molecule has 0 bridgehead atoms. The van der Waals surface area contributed by atoms with Crippen LogP contribution in [0.4, 0.5) is 13.2 Å². The summed E-state index contributed by atoms with van der Waals surface area (Å²) in [5.41, 5.74) is -1.86. The quantitative estimate of drug-likeness (QED) is 0.394. The molecule has 0 aliphatic carbocycles. The van der Waals surface area contributed by atoms with Crippen LogP contribution in [-0.2, 0) is 6.54 Å². The van der Waals surface area contributed by atoms with Gasteiger partial charge in [-0.25, -0.2) is 27.9 Å². The van der Waals surface area contributed by atoms with Crippen molar-refractivity contribution in [2.45, 2.75) is 6.54 Å². The molecular weight excluding hydrogens is 489 g/mol. The second kappa shape index (κ2) is 9.44. The minimum absolute atomic E-state index is 0.0192. The van der Waals surface area contributed by atoms with Crippen molar-refractivity contribution in [2.75, 3.05) is 6.61 Å². The van der Waals surface area contributed by atoms with Gasteiger partial charge in [0, 0.05) is 16.1 Å². The molecule has 0 amide bonds. The van der Waals surface area contributed by atoms with E-state index in [1.165, 1.54) is 41.4 Å². The van der Waals surface area contributed by atoms with Crippen LogP contribution >= 0.6 is 11.6 Å². The molecule has 0 radical (unpaired) electrons. The zero-order valence-corrected chi connectivity index (χ0v) is 18.2. The topological polar surface area (TPSA) is 118 Å². The molecule has 4 rings (SSSR count). The predicted molar refractivity (Wildman–Crippen MR) is 118 cm³/mol. The molecule has 0 aliphatic rings. The van der Waals surface area contributed by atoms with Crippen LogP contribution in [-0.4, -0.2) is 32.2 Å². The average molecular weight is 501 g/mol. The first-order valence-corrected chi connectivity index (χ1v) is 10.2. The molecule has 0 aliphatic heterocycles. The van der Waals surface area contributed by atoms with Crippen LogP contribution in [0.5, 0.6) is 5.75 Å². The zero-order chi connectivity index (χ0) is 25.3. The number of carboxylic acid groups (broad SMARTS) is 1. The van der Waals surface area contributed by atoms with Gasteiger partial charge in [0.15, 0.2) is 17.5 Å². The predicted octanol–water partition coefficient (Wildman–Crippen LogP) is 4.18. The highest BCUT2D eigenvalue weighted by atomic mass is 35.5. The van der Waals surface area contributed by atoms with E-state index in [0.29, 0.717) is 11.6 Å². The molecule has 2 heterocycles. The van der Waals surface area contributed by atoms with Crippen LogP contribution in [0.1, 0.15) is 16.1 Å². The van der Waals surface area contributed by atoms with E-state index in [4.69, 9.17) is 26.7 Å². The number of fused-ring (bicyclic) bond motifs is 1. The van der Waals surface area contributed by atoms with Gasteiger partial charge < -0.3 is 9.84 Å². The van der Waals surface area contributed by atoms with E-state index in [1.807, 2.05) is 6.07 Å². The fraction of sp³-hybridized carbons (Fsp3) is 0.0870. The summed E-state index contributed by atoms with van der Waals surface area (Å²) in [4.78, 5) is 32.0. The highest BCUT2D eigenvalue weighted by molar-refractivity contribution is 6.31. The van der Waals surface area contributed by atoms with Crippen molar-refractivity contribution < 1.29 is 27.8 Å². The van der Waals surface area contributed by atoms with E-state index in [2.05, 4.69) is 9.97 Å². The van der Waals surface area contributed by atoms with Gasteiger partial charge in [-0.3, -0.25) is 9.36 Å². The molecule has 0 atom stereocenters. The molecule has 0 saturated heterocycles. The summed E-state index contributed by atoms with van der Waals surface area (Å²) < 4.78 is 49.4. The smallest absolute Gasteiger partial charge is 0.338 e. The summed E-state index contributed by atoms with van der Waals surface area (Å²) in [6.07, 6.45) is 2.57. The summed E-state index contributed by atoms with van der Waals surface area (Å²) in [5, 5.41) is 18.4. The standard InChI is InChI=1S/C23H12ClF3N4O4/c24-11-1-2-18(13(5-11)14-7-16(23(33)34)20(26)21(27)19(14)25)35-4-3-31-10-30-17-9-29-12(8-28)6-15(17)22(31)32/h1-2,5-7,9-10H,3-4H2,(H,33,34). The fourth-order valence-corrected chi connectivity index (χ4v) is 3.50. The Kier molecular flexibility index (Phi) is 6.40. The van der Waals surface area contributed by atoms with E-state index >= 15 is 0 Å². The molecular formula is C23H12ClF3N4O4. The molecule has 0 fully saturated rings. The van der Waals surface area contributed by atoms with Crippen LogP contribution < -0.4 is 10.3 Å². The Morgan fingerprint density at radius 2 is 1.89 bits per heavy atom. The number of pyridine rings is 1. The lowest BCUT2D eigenvalue weighted by Crippen LogP contribution is -2.23. The first kappa shape index (κ1) is 23.7. The molecule has 4 aromatic rings. The van der Waals surface area contributed by atoms with E-state index in [-0.39, 0.29) is 40.6 Å². The minimum atomic E-state index is -1.95. The number of carbonyl (C=O) groups is 1. The number of benzene rings is 2. The lowest BCUT2D eigenvalue weighted by molar-refractivity contribution is 0.0690. The monoisotopic (exact) mass is 500 g/mol. The van der Waals surface area contributed by atoms with Crippen LogP contribution in [0.15, 0.2) is 47.7 Å². The summed E-state index contributed by atoms with van der Waals surface area (Å²) in [6.45, 7) is -0.163. The molecule has 176 valence electrons. The van der Waals surface area contributed by atoms with Crippen molar-refractivity contribution >= 4 is 28.5 Å². The molecule has 8 nitrogen and oxygen atoms in total. The maximum Gasteiger partial charge on any atom is 0.338 e. The second-order valence-electron chi connectivity index (χ2n) is 7.15. The second-order valence-corrected chi connectivity index (χ2v) is 7.59. The third-order valence-electron chi connectivity index (χ3n) is 5.02. The number of carboxylic acids is 1. The third-order valence-corrected chi connectivity index (χ3v) is 5.26. The van der Waals surface area contributed by atoms with E-state index in [0.717, 1.165) is 0 Å². The maximum atomic E-state index is 14.6. The van der Waals surface area contributed by atoms with Gasteiger partial charge in [0.25, 0.3) is 5.56 Å². The summed E-state index contributed by atoms with van der Waals surface area (Å²) in [7, 11) is 0. The number of rotatable bonds is 6. The van der Waals surface area contributed by atoms with Crippen LogP contribution in [0, 0.1) is 28.8 Å². The van der Waals surface area contributed by atoms with E-state index in [9.17, 15) is 22.8 Å². The van der Waals surface area contributed by atoms with Gasteiger partial charge in [-0.15, -0.1) is 0 Å². The largest absolute Gasteiger partial charge is 0.491 e. The van der Waals surface area contributed by atoms with Crippen LogP contribution in [0.2, 0.25) is 5.02 Å². The highest BCUT2D eigenvalue weighted by Gasteiger charge is 2.25. The molecule has 0 saturated carbocycles. The Labute approximate surface area is 199 Å². The average Bonchev–Trinajstić information content (AvgIpc) is 2.84. The summed E-state index contributed by atoms with van der Waals surface area (Å²) in [5.74, 6) is -7.21. The first-order chi connectivity index (χ1) is 16.7. The number of aromatic nitrogens is 3. The first-order valence-electron chi connectivity index (χ1n) is 9.80. The normalized spacial score (nSPS) is 10.8. The Hall–Kier alpha value is -4.43. The molecule has 0 spiro atoms. The number of hydrogen-bond donors (Lipinski definition) is 1. The fourth-order valence-electron chi connectivity index (χ4n) is 3.33. The van der Waals surface area contributed by atoms with Gasteiger partial charge >= 0.3 is 5.97 Å². The van der Waals surface area contributed by atoms with Crippen molar-refractivity contribution in [1.82, 2.24) is 14.5 Å². The number of nitriles is 1. The Morgan fingerprint density at radius 3 is 2.60 bits per heavy atom. The van der Waals surface area contributed by atoms with Crippen LogP contribution in [0.3, 0.4) is 0 Å². The van der Waals surface area contributed by atoms with E-state index < -0.39 is 40.1 Å². The van der Waals surface area contributed by atoms with Crippen molar-refractivity contribution in [3.8, 4) is 22.9 Å². The Bertz CT molecular complexity index is 1600. The van der Waals surface area contributed by atoms with Crippen molar-refractivity contribution in [1.29, 1.82) is 5.26 Å². The van der Waals surface area contributed by atoms with Gasteiger partial charge in [-0.1, -0.05) is 11.6 Å². The molecule has 1 N–H and O–H groups in total. The van der Waals surface area contributed by atoms with Gasteiger partial charge in [0.2, 0.25) is 0 Å². The van der Waals surface area contributed by atoms with Gasteiger partial charge in [-0.2, -0.15) is 5.26 Å². The number of aromatic carboxylic acids is 1. The van der Waals surface area contributed by atoms with Gasteiger partial charge in [-0.05, 0) is 30.3 Å². The third kappa shape index (κ3) is 4.51. The highest BCUT2D eigenvalue weighted by Crippen LogP contribution is 2.36. The number of nitrogens with zero attached hydrogens (tertiary/aromatic N) is 4. The van der Waals surface area contributed by atoms with Gasteiger partial charge in [0.05, 0.1) is 35.5 Å². The van der Waals surface area contributed by atoms with Crippen LogP contribution in [0.25, 0.3) is 22.0 Å². The van der Waals surface area contributed by atoms with E-state index in [1.54, 1.807) is 0 Å². The number of hydrogen-bond acceptors (Lipinski definition) is 6. The molecule has 2 aromatic carbocycles. The van der Waals surface area contributed by atoms with Gasteiger partial charge in [0.1, 0.15) is 24.1 Å². The number of halogens is 4. The Morgan fingerprint density at radius 1 is 1.11 bits per heavy atom. The zero-order valence-electron chi connectivity index (χ0n) is 17.4. The number of ether oxygens (including phenoxy) is 1. The van der Waals surface area contributed by atoms with Crippen molar-refractivity contribution in [3.05, 3.63) is 86.9 Å². The SMILES string of the molecule is N#Cc1cc2c(=O)n(CCOc3ccc(Cl)cc3-c3cc(C(=O)O)c(F)c(F)c3F)cnc2cn1. The summed E-state index contributed by atoms with van der Waals surface area (Å²) in [6, 6.07) is 7.74. The summed E-state index contributed by atoms with van der Waals surface area (Å²) >= 11 is 5.98. The molecule has 2 aromatic heterocycles. The minimum Gasteiger partial charge on any atom is -0.491 e. The molecule has 35 heavy (non-hydrogen) atoms. The molecule has 12 heteroatoms.